The first-order chi connectivity index (χ1) is 20.7. The second kappa shape index (κ2) is 11.8. The Hall–Kier alpha value is -4.28. The molecule has 4 aromatic heterocycles. The third-order valence-corrected chi connectivity index (χ3v) is 8.26. The SMILES string of the molecule is CN(CC[S@+](C)[O-])C(=O)c1cc(N2CCN(CCn3cnc4c3nc(N)n3nc(-c5ccco5)nc43)CC2)c(F)cc1F. The first-order valence-corrected chi connectivity index (χ1v) is 15.3. The van der Waals surface area contributed by atoms with E-state index in [2.05, 4.69) is 25.0 Å². The molecule has 0 saturated carbocycles. The number of benzene rings is 1. The molecule has 1 amide bonds. The molecule has 6 rings (SSSR count). The number of nitrogens with two attached hydrogens (primary N) is 1. The average Bonchev–Trinajstić information content (AvgIpc) is 3.75. The Labute approximate surface area is 248 Å². The van der Waals surface area contributed by atoms with Crippen LogP contribution in [0.3, 0.4) is 0 Å². The molecule has 43 heavy (non-hydrogen) atoms. The van der Waals surface area contributed by atoms with Crippen LogP contribution in [0.1, 0.15) is 10.4 Å². The van der Waals surface area contributed by atoms with Gasteiger partial charge in [0.1, 0.15) is 17.4 Å². The first kappa shape index (κ1) is 28.8. The zero-order chi connectivity index (χ0) is 30.2. The van der Waals surface area contributed by atoms with Gasteiger partial charge in [-0.2, -0.15) is 9.50 Å². The summed E-state index contributed by atoms with van der Waals surface area (Å²) in [5, 5.41) is 4.40. The van der Waals surface area contributed by atoms with Crippen LogP contribution in [0.4, 0.5) is 20.4 Å². The summed E-state index contributed by atoms with van der Waals surface area (Å²) in [6.45, 7) is 3.71. The smallest absolute Gasteiger partial charge is 0.256 e. The van der Waals surface area contributed by atoms with Gasteiger partial charge in [-0.3, -0.25) is 9.69 Å². The van der Waals surface area contributed by atoms with Gasteiger partial charge in [-0.15, -0.1) is 5.10 Å². The van der Waals surface area contributed by atoms with Crippen LogP contribution in [-0.2, 0) is 17.7 Å². The number of carbonyl (C=O) groups is 1. The van der Waals surface area contributed by atoms with Gasteiger partial charge in [-0.05, 0) is 18.2 Å². The molecule has 226 valence electrons. The third kappa shape index (κ3) is 5.72. The number of nitrogen functional groups attached to an aromatic ring is 1. The van der Waals surface area contributed by atoms with Crippen LogP contribution >= 0.6 is 0 Å². The number of halogens is 2. The monoisotopic (exact) mass is 612 g/mol. The summed E-state index contributed by atoms with van der Waals surface area (Å²) in [6.07, 6.45) is 4.77. The number of piperazine rings is 1. The molecule has 5 heterocycles. The van der Waals surface area contributed by atoms with Gasteiger partial charge in [0.15, 0.2) is 22.6 Å². The Bertz CT molecular complexity index is 1770. The molecule has 0 spiro atoms. The summed E-state index contributed by atoms with van der Waals surface area (Å²) in [5.74, 6) is -0.875. The van der Waals surface area contributed by atoms with Crippen molar-refractivity contribution in [2.75, 3.05) is 69.0 Å². The second-order valence-electron chi connectivity index (χ2n) is 10.3. The lowest BCUT2D eigenvalue weighted by molar-refractivity contribution is 0.0798. The zero-order valence-corrected chi connectivity index (χ0v) is 24.4. The fourth-order valence-corrected chi connectivity index (χ4v) is 5.61. The van der Waals surface area contributed by atoms with E-state index in [1.54, 1.807) is 24.7 Å². The molecule has 13 nitrogen and oxygen atoms in total. The van der Waals surface area contributed by atoms with E-state index in [1.165, 1.54) is 28.8 Å². The fraction of sp³-hybridized carbons (Fsp3) is 0.370. The lowest BCUT2D eigenvalue weighted by atomic mass is 10.1. The van der Waals surface area contributed by atoms with Crippen molar-refractivity contribution >= 4 is 45.5 Å². The van der Waals surface area contributed by atoms with E-state index in [9.17, 15) is 18.1 Å². The summed E-state index contributed by atoms with van der Waals surface area (Å²) >= 11 is -1.09. The Morgan fingerprint density at radius 2 is 1.93 bits per heavy atom. The molecule has 0 bridgehead atoms. The van der Waals surface area contributed by atoms with E-state index in [4.69, 9.17) is 10.2 Å². The number of anilines is 2. The van der Waals surface area contributed by atoms with Gasteiger partial charge >= 0.3 is 0 Å². The molecular weight excluding hydrogens is 582 g/mol. The highest BCUT2D eigenvalue weighted by Crippen LogP contribution is 2.26. The highest BCUT2D eigenvalue weighted by molar-refractivity contribution is 7.90. The van der Waals surface area contributed by atoms with Crippen LogP contribution < -0.4 is 10.6 Å². The lowest BCUT2D eigenvalue weighted by Crippen LogP contribution is -2.47. The standard InChI is InChI=1S/C27H30F2N10O3S/c1-35(11-13-43(2)41)26(40)17-14-20(19(29)15-18(17)28)37-8-5-36(6-9-37)7-10-38-16-31-22-24(38)33-27(30)39-25(22)32-23(34-39)21-4-3-12-42-21/h3-4,12,14-16H,5-11,13H2,1-2H3,(H2,30,33)/t43-/m0/s1. The second-order valence-corrected chi connectivity index (χ2v) is 11.9. The van der Waals surface area contributed by atoms with Gasteiger partial charge in [0.2, 0.25) is 11.8 Å². The molecule has 5 aromatic rings. The predicted molar refractivity (Wildman–Crippen MR) is 157 cm³/mol. The normalized spacial score (nSPS) is 15.0. The maximum Gasteiger partial charge on any atom is 0.256 e. The number of aromatic nitrogens is 6. The number of nitrogens with zero attached hydrogens (tertiary/aromatic N) is 9. The quantitative estimate of drug-likeness (QED) is 0.245. The first-order valence-electron chi connectivity index (χ1n) is 13.6. The lowest BCUT2D eigenvalue weighted by Gasteiger charge is -2.36. The maximum atomic E-state index is 14.8. The maximum absolute atomic E-state index is 14.8. The Kier molecular flexibility index (Phi) is 7.89. The summed E-state index contributed by atoms with van der Waals surface area (Å²) in [5.41, 5.74) is 7.80. The molecule has 1 aromatic carbocycles. The molecule has 1 atom stereocenters. The van der Waals surface area contributed by atoms with Crippen LogP contribution in [0.15, 0.2) is 41.3 Å². The van der Waals surface area contributed by atoms with Crippen molar-refractivity contribution in [3.63, 3.8) is 0 Å². The van der Waals surface area contributed by atoms with Crippen molar-refractivity contribution in [2.45, 2.75) is 6.54 Å². The third-order valence-electron chi connectivity index (χ3n) is 7.51. The van der Waals surface area contributed by atoms with E-state index in [0.29, 0.717) is 67.7 Å². The minimum Gasteiger partial charge on any atom is -0.617 e. The topological polar surface area (TPSA) is 150 Å². The van der Waals surface area contributed by atoms with Gasteiger partial charge in [-0.1, -0.05) is 11.2 Å². The molecule has 2 N–H and O–H groups in total. The van der Waals surface area contributed by atoms with Crippen LogP contribution in [-0.4, -0.2) is 108 Å². The van der Waals surface area contributed by atoms with Crippen LogP contribution in [0.25, 0.3) is 28.4 Å². The van der Waals surface area contributed by atoms with Crippen LogP contribution in [0.5, 0.6) is 0 Å². The van der Waals surface area contributed by atoms with Crippen molar-refractivity contribution in [3.8, 4) is 11.6 Å². The highest BCUT2D eigenvalue weighted by Gasteiger charge is 2.25. The van der Waals surface area contributed by atoms with Crippen LogP contribution in [0.2, 0.25) is 0 Å². The van der Waals surface area contributed by atoms with Gasteiger partial charge in [0.05, 0.1) is 36.6 Å². The van der Waals surface area contributed by atoms with Gasteiger partial charge in [0, 0.05) is 52.4 Å². The number of amides is 1. The summed E-state index contributed by atoms with van der Waals surface area (Å²) < 4.78 is 49.6. The van der Waals surface area contributed by atoms with Crippen molar-refractivity contribution in [1.29, 1.82) is 0 Å². The van der Waals surface area contributed by atoms with Gasteiger partial charge in [-0.25, -0.2) is 18.7 Å². The van der Waals surface area contributed by atoms with E-state index in [-0.39, 0.29) is 29.5 Å². The van der Waals surface area contributed by atoms with Crippen molar-refractivity contribution in [3.05, 3.63) is 54.1 Å². The molecule has 1 aliphatic heterocycles. The molecule has 1 saturated heterocycles. The number of fused-ring (bicyclic) bond motifs is 3. The molecule has 0 unspecified atom stereocenters. The van der Waals surface area contributed by atoms with E-state index >= 15 is 0 Å². The van der Waals surface area contributed by atoms with Crippen molar-refractivity contribution in [1.82, 2.24) is 38.9 Å². The van der Waals surface area contributed by atoms with Crippen molar-refractivity contribution < 1.29 is 22.5 Å². The zero-order valence-electron chi connectivity index (χ0n) is 23.6. The summed E-state index contributed by atoms with van der Waals surface area (Å²) in [4.78, 5) is 31.7. The van der Waals surface area contributed by atoms with E-state index in [0.717, 1.165) is 6.07 Å². The Balaban J connectivity index is 1.11. The molecule has 0 aliphatic carbocycles. The summed E-state index contributed by atoms with van der Waals surface area (Å²) in [6, 6.07) is 5.54. The Morgan fingerprint density at radius 1 is 1.14 bits per heavy atom. The predicted octanol–water partition coefficient (Wildman–Crippen LogP) is 1.87. The molecule has 1 fully saturated rings. The molecule has 16 heteroatoms. The number of imidazole rings is 1. The largest absolute Gasteiger partial charge is 0.617 e. The minimum absolute atomic E-state index is 0.175. The highest BCUT2D eigenvalue weighted by atomic mass is 32.2. The number of hydrogen-bond acceptors (Lipinski definition) is 10. The minimum atomic E-state index is -1.09. The fourth-order valence-electron chi connectivity index (χ4n) is 5.08. The van der Waals surface area contributed by atoms with E-state index in [1.807, 2.05) is 9.47 Å². The Morgan fingerprint density at radius 3 is 2.65 bits per heavy atom. The van der Waals surface area contributed by atoms with Crippen molar-refractivity contribution in [2.24, 2.45) is 0 Å². The number of furan rings is 1. The van der Waals surface area contributed by atoms with Gasteiger partial charge in [0.25, 0.3) is 5.91 Å². The van der Waals surface area contributed by atoms with Crippen LogP contribution in [0, 0.1) is 11.6 Å². The number of carbonyl (C=O) groups excluding carboxylic acids is 1. The molecule has 1 aliphatic rings. The number of hydrogen-bond donors (Lipinski definition) is 1. The summed E-state index contributed by atoms with van der Waals surface area (Å²) in [7, 11) is 1.51. The molecule has 0 radical (unpaired) electrons. The molecular formula is C27H30F2N10O3S. The average molecular weight is 613 g/mol. The number of rotatable bonds is 9. The van der Waals surface area contributed by atoms with Gasteiger partial charge < -0.3 is 29.1 Å². The van der Waals surface area contributed by atoms with E-state index < -0.39 is 28.7 Å².